The summed E-state index contributed by atoms with van der Waals surface area (Å²) in [5.74, 6) is -0.538. The van der Waals surface area contributed by atoms with Gasteiger partial charge >= 0.3 is 0 Å². The number of rotatable bonds is 5. The predicted octanol–water partition coefficient (Wildman–Crippen LogP) is 2.07. The Hall–Kier alpha value is -1.46. The molecule has 1 aliphatic rings. The molecule has 0 amide bonds. The standard InChI is InChI=1S/C15H20FNO3/c1-17(8-11-3-2-6-20-10-11)9-15(19)13-7-12(16)4-5-14(13)18/h4-5,7,11,18H,2-3,6,8-10H2,1H3. The lowest BCUT2D eigenvalue weighted by molar-refractivity contribution is 0.0416. The zero-order valence-electron chi connectivity index (χ0n) is 11.6. The summed E-state index contributed by atoms with van der Waals surface area (Å²) in [5, 5.41) is 9.61. The Bertz CT molecular complexity index is 472. The molecule has 0 saturated carbocycles. The van der Waals surface area contributed by atoms with E-state index in [2.05, 4.69) is 0 Å². The fourth-order valence-corrected chi connectivity index (χ4v) is 2.52. The van der Waals surface area contributed by atoms with Crippen LogP contribution in [0.1, 0.15) is 23.2 Å². The molecular formula is C15H20FNO3. The van der Waals surface area contributed by atoms with Gasteiger partial charge in [-0.2, -0.15) is 0 Å². The highest BCUT2D eigenvalue weighted by atomic mass is 19.1. The highest BCUT2D eigenvalue weighted by Gasteiger charge is 2.19. The molecule has 0 aromatic heterocycles. The van der Waals surface area contributed by atoms with Crippen molar-refractivity contribution in [2.45, 2.75) is 12.8 Å². The van der Waals surface area contributed by atoms with Crippen LogP contribution in [-0.2, 0) is 4.74 Å². The summed E-state index contributed by atoms with van der Waals surface area (Å²) in [4.78, 5) is 14.0. The Morgan fingerprint density at radius 3 is 3.05 bits per heavy atom. The third-order valence-electron chi connectivity index (χ3n) is 3.50. The van der Waals surface area contributed by atoms with E-state index in [4.69, 9.17) is 4.74 Å². The van der Waals surface area contributed by atoms with Gasteiger partial charge in [0.1, 0.15) is 11.6 Å². The summed E-state index contributed by atoms with van der Waals surface area (Å²) in [6, 6.07) is 3.42. The minimum atomic E-state index is -0.519. The van der Waals surface area contributed by atoms with Gasteiger partial charge in [-0.25, -0.2) is 4.39 Å². The van der Waals surface area contributed by atoms with Crippen LogP contribution in [-0.4, -0.2) is 49.1 Å². The number of likely N-dealkylation sites (N-methyl/N-ethyl adjacent to an activating group) is 1. The highest BCUT2D eigenvalue weighted by molar-refractivity contribution is 5.99. The molecule has 110 valence electrons. The summed E-state index contributed by atoms with van der Waals surface area (Å²) in [7, 11) is 1.85. The molecule has 0 aliphatic carbocycles. The average molecular weight is 281 g/mol. The van der Waals surface area contributed by atoms with Crippen molar-refractivity contribution in [3.63, 3.8) is 0 Å². The SMILES string of the molecule is CN(CC(=O)c1cc(F)ccc1O)CC1CCCOC1. The minimum Gasteiger partial charge on any atom is -0.507 e. The first kappa shape index (κ1) is 14.9. The summed E-state index contributed by atoms with van der Waals surface area (Å²) in [6.07, 6.45) is 2.15. The van der Waals surface area contributed by atoms with E-state index >= 15 is 0 Å². The number of halogens is 1. The number of aromatic hydroxyl groups is 1. The van der Waals surface area contributed by atoms with Gasteiger partial charge in [0.05, 0.1) is 18.7 Å². The van der Waals surface area contributed by atoms with Crippen molar-refractivity contribution < 1.29 is 19.0 Å². The van der Waals surface area contributed by atoms with Crippen molar-refractivity contribution in [3.8, 4) is 5.75 Å². The molecular weight excluding hydrogens is 261 g/mol. The van der Waals surface area contributed by atoms with Crippen molar-refractivity contribution in [2.75, 3.05) is 33.4 Å². The lowest BCUT2D eigenvalue weighted by Crippen LogP contribution is -2.34. The molecule has 1 fully saturated rings. The van der Waals surface area contributed by atoms with Crippen LogP contribution in [0.5, 0.6) is 5.75 Å². The molecule has 1 N–H and O–H groups in total. The van der Waals surface area contributed by atoms with E-state index in [0.29, 0.717) is 5.92 Å². The van der Waals surface area contributed by atoms with Crippen molar-refractivity contribution in [1.29, 1.82) is 0 Å². The number of nitrogens with zero attached hydrogens (tertiary/aromatic N) is 1. The Kier molecular flexibility index (Phi) is 5.09. The fourth-order valence-electron chi connectivity index (χ4n) is 2.52. The van der Waals surface area contributed by atoms with Gasteiger partial charge in [-0.15, -0.1) is 0 Å². The molecule has 1 saturated heterocycles. The normalized spacial score (nSPS) is 19.2. The third kappa shape index (κ3) is 4.02. The van der Waals surface area contributed by atoms with Crippen LogP contribution >= 0.6 is 0 Å². The van der Waals surface area contributed by atoms with Gasteiger partial charge in [0.25, 0.3) is 0 Å². The molecule has 0 spiro atoms. The minimum absolute atomic E-state index is 0.0387. The molecule has 1 aliphatic heterocycles. The topological polar surface area (TPSA) is 49.8 Å². The second-order valence-corrected chi connectivity index (χ2v) is 5.36. The number of hydrogen-bond donors (Lipinski definition) is 1. The largest absolute Gasteiger partial charge is 0.507 e. The highest BCUT2D eigenvalue weighted by Crippen LogP contribution is 2.19. The zero-order valence-corrected chi connectivity index (χ0v) is 11.6. The number of carbonyl (C=O) groups is 1. The summed E-state index contributed by atoms with van der Waals surface area (Å²) < 4.78 is 18.5. The van der Waals surface area contributed by atoms with E-state index in [0.717, 1.165) is 44.7 Å². The molecule has 1 aromatic rings. The van der Waals surface area contributed by atoms with Crippen LogP contribution in [0, 0.1) is 11.7 Å². The summed E-state index contributed by atoms with van der Waals surface area (Å²) >= 11 is 0. The molecule has 2 rings (SSSR count). The quantitative estimate of drug-likeness (QED) is 0.839. The molecule has 5 heteroatoms. The number of ketones is 1. The maximum absolute atomic E-state index is 13.1. The maximum Gasteiger partial charge on any atom is 0.180 e. The second kappa shape index (κ2) is 6.81. The monoisotopic (exact) mass is 281 g/mol. The van der Waals surface area contributed by atoms with Crippen LogP contribution < -0.4 is 0 Å². The third-order valence-corrected chi connectivity index (χ3v) is 3.50. The van der Waals surface area contributed by atoms with Crippen LogP contribution in [0.3, 0.4) is 0 Å². The van der Waals surface area contributed by atoms with Crippen molar-refractivity contribution in [2.24, 2.45) is 5.92 Å². The van der Waals surface area contributed by atoms with Crippen LogP contribution in [0.25, 0.3) is 0 Å². The number of ether oxygens (including phenoxy) is 1. The Labute approximate surface area is 118 Å². The fraction of sp³-hybridized carbons (Fsp3) is 0.533. The first-order valence-corrected chi connectivity index (χ1v) is 6.84. The Balaban J connectivity index is 1.91. The van der Waals surface area contributed by atoms with Crippen molar-refractivity contribution in [3.05, 3.63) is 29.6 Å². The first-order chi connectivity index (χ1) is 9.56. The van der Waals surface area contributed by atoms with Crippen LogP contribution in [0.2, 0.25) is 0 Å². The van der Waals surface area contributed by atoms with Gasteiger partial charge in [-0.1, -0.05) is 0 Å². The lowest BCUT2D eigenvalue weighted by Gasteiger charge is -2.26. The molecule has 1 heterocycles. The lowest BCUT2D eigenvalue weighted by atomic mass is 10.0. The van der Waals surface area contributed by atoms with E-state index in [1.165, 1.54) is 6.07 Å². The van der Waals surface area contributed by atoms with Crippen molar-refractivity contribution >= 4 is 5.78 Å². The van der Waals surface area contributed by atoms with Gasteiger partial charge in [0, 0.05) is 13.2 Å². The van der Waals surface area contributed by atoms with E-state index in [1.807, 2.05) is 11.9 Å². The number of benzene rings is 1. The molecule has 20 heavy (non-hydrogen) atoms. The first-order valence-electron chi connectivity index (χ1n) is 6.84. The van der Waals surface area contributed by atoms with Crippen LogP contribution in [0.4, 0.5) is 4.39 Å². The zero-order chi connectivity index (χ0) is 14.5. The van der Waals surface area contributed by atoms with E-state index in [9.17, 15) is 14.3 Å². The number of phenols is 1. The van der Waals surface area contributed by atoms with Gasteiger partial charge in [0.15, 0.2) is 5.78 Å². The number of phenolic OH excluding ortho intramolecular Hbond substituents is 1. The maximum atomic E-state index is 13.1. The number of Topliss-reactive ketones (excluding diaryl/α,β-unsaturated/α-hetero) is 1. The summed E-state index contributed by atoms with van der Waals surface area (Å²) in [6.45, 7) is 2.47. The molecule has 1 unspecified atom stereocenters. The molecule has 0 bridgehead atoms. The van der Waals surface area contributed by atoms with Gasteiger partial charge in [-0.3, -0.25) is 9.69 Å². The van der Waals surface area contributed by atoms with Gasteiger partial charge < -0.3 is 9.84 Å². The number of carbonyl (C=O) groups excluding carboxylic acids is 1. The smallest absolute Gasteiger partial charge is 0.180 e. The Morgan fingerprint density at radius 1 is 1.55 bits per heavy atom. The van der Waals surface area contributed by atoms with Crippen molar-refractivity contribution in [1.82, 2.24) is 4.90 Å². The van der Waals surface area contributed by atoms with Gasteiger partial charge in [0.2, 0.25) is 0 Å². The number of hydrogen-bond acceptors (Lipinski definition) is 4. The van der Waals surface area contributed by atoms with Crippen LogP contribution in [0.15, 0.2) is 18.2 Å². The molecule has 4 nitrogen and oxygen atoms in total. The average Bonchev–Trinajstić information content (AvgIpc) is 2.42. The molecule has 1 aromatic carbocycles. The van der Waals surface area contributed by atoms with E-state index in [1.54, 1.807) is 0 Å². The molecule has 0 radical (unpaired) electrons. The van der Waals surface area contributed by atoms with Gasteiger partial charge in [-0.05, 0) is 44.0 Å². The van der Waals surface area contributed by atoms with E-state index in [-0.39, 0.29) is 23.6 Å². The molecule has 1 atom stereocenters. The Morgan fingerprint density at radius 2 is 2.35 bits per heavy atom. The predicted molar refractivity (Wildman–Crippen MR) is 73.4 cm³/mol. The second-order valence-electron chi connectivity index (χ2n) is 5.36. The summed E-state index contributed by atoms with van der Waals surface area (Å²) in [5.41, 5.74) is 0.0387. The van der Waals surface area contributed by atoms with E-state index < -0.39 is 5.82 Å².